The number of hydrogen-bond donors (Lipinski definition) is 0. The molecule has 0 saturated heterocycles. The molecule has 0 fully saturated rings. The molecular weight excluding hydrogens is 494 g/mol. The lowest BCUT2D eigenvalue weighted by atomic mass is 9.99. The summed E-state index contributed by atoms with van der Waals surface area (Å²) >= 11 is 0. The highest BCUT2D eigenvalue weighted by atomic mass is 16.1. The number of aromatic nitrogens is 3. The lowest BCUT2D eigenvalue weighted by Crippen LogP contribution is -2.24. The Morgan fingerprint density at radius 3 is 1.40 bits per heavy atom. The molecule has 5 aromatic rings. The van der Waals surface area contributed by atoms with E-state index in [1.54, 1.807) is 9.13 Å². The first kappa shape index (κ1) is 28.1. The molecule has 0 aliphatic carbocycles. The smallest absolute Gasteiger partial charge is 0.277 e. The molecule has 3 aromatic heterocycles. The zero-order valence-electron chi connectivity index (χ0n) is 24.7. The molecule has 210 valence electrons. The highest BCUT2D eigenvalue weighted by Gasteiger charge is 2.18. The van der Waals surface area contributed by atoms with Crippen molar-refractivity contribution in [3.8, 4) is 0 Å². The lowest BCUT2D eigenvalue weighted by molar-refractivity contribution is 0.667. The van der Waals surface area contributed by atoms with Gasteiger partial charge in [0, 0.05) is 34.6 Å². The van der Waals surface area contributed by atoms with Crippen molar-refractivity contribution < 1.29 is 0 Å². The first-order chi connectivity index (χ1) is 19.5. The van der Waals surface area contributed by atoms with Crippen LogP contribution in [0.15, 0.2) is 52.1 Å². The molecule has 5 nitrogen and oxygen atoms in total. The molecule has 2 aromatic carbocycles. The molecule has 0 saturated carbocycles. The average Bonchev–Trinajstić information content (AvgIpc) is 2.98. The SMILES string of the molecule is CCCCCCc1ccc2c(c1)c1cc3c(nc1c(=O)n2CC)c(=O)n(CC)c1ccc(CCCCCC)cc31. The van der Waals surface area contributed by atoms with E-state index in [4.69, 9.17) is 4.98 Å². The van der Waals surface area contributed by atoms with Crippen LogP contribution in [-0.2, 0) is 25.9 Å². The second-order valence-corrected chi connectivity index (χ2v) is 11.2. The topological polar surface area (TPSA) is 56.9 Å². The summed E-state index contributed by atoms with van der Waals surface area (Å²) in [5.74, 6) is 0. The molecule has 3 heterocycles. The van der Waals surface area contributed by atoms with E-state index in [0.29, 0.717) is 24.1 Å². The van der Waals surface area contributed by atoms with Gasteiger partial charge in [0.15, 0.2) is 0 Å². The van der Waals surface area contributed by atoms with Gasteiger partial charge in [0.25, 0.3) is 11.1 Å². The fourth-order valence-corrected chi connectivity index (χ4v) is 6.24. The fraction of sp³-hybridized carbons (Fsp3) is 0.457. The van der Waals surface area contributed by atoms with Crippen molar-refractivity contribution in [2.24, 2.45) is 0 Å². The zero-order valence-corrected chi connectivity index (χ0v) is 24.7. The van der Waals surface area contributed by atoms with Crippen molar-refractivity contribution in [1.29, 1.82) is 0 Å². The van der Waals surface area contributed by atoms with E-state index < -0.39 is 0 Å². The fourth-order valence-electron chi connectivity index (χ4n) is 6.24. The number of hydrogen-bond acceptors (Lipinski definition) is 3. The Hall–Kier alpha value is -3.47. The normalized spacial score (nSPS) is 11.9. The van der Waals surface area contributed by atoms with Crippen LogP contribution in [0, 0.1) is 0 Å². The summed E-state index contributed by atoms with van der Waals surface area (Å²) in [6.07, 6.45) is 11.8. The van der Waals surface area contributed by atoms with Gasteiger partial charge in [0.05, 0.1) is 11.0 Å². The van der Waals surface area contributed by atoms with Crippen LogP contribution in [0.4, 0.5) is 0 Å². The van der Waals surface area contributed by atoms with E-state index in [-0.39, 0.29) is 11.1 Å². The third-order valence-electron chi connectivity index (χ3n) is 8.47. The van der Waals surface area contributed by atoms with Crippen molar-refractivity contribution in [3.63, 3.8) is 0 Å². The molecule has 0 radical (unpaired) electrons. The Bertz CT molecular complexity index is 1670. The third kappa shape index (κ3) is 5.18. The standard InChI is InChI=1S/C35H43N3O2/c1-5-9-11-13-15-24-17-19-30-26(21-24)28-23-29-27-22-25(16-14-12-10-6-2)18-20-31(27)38(8-4)35(40)33(29)36-32(28)34(39)37(30)7-3/h17-23H,5-16H2,1-4H3. The van der Waals surface area contributed by atoms with Crippen LogP contribution in [0.1, 0.15) is 90.2 Å². The van der Waals surface area contributed by atoms with E-state index in [9.17, 15) is 9.59 Å². The van der Waals surface area contributed by atoms with Gasteiger partial charge in [0.1, 0.15) is 11.0 Å². The number of fused-ring (bicyclic) bond motifs is 6. The molecule has 0 aliphatic heterocycles. The molecule has 40 heavy (non-hydrogen) atoms. The minimum Gasteiger partial charge on any atom is -0.307 e. The average molecular weight is 538 g/mol. The van der Waals surface area contributed by atoms with Gasteiger partial charge in [-0.05, 0) is 81.0 Å². The molecular formula is C35H43N3O2. The first-order valence-corrected chi connectivity index (χ1v) is 15.5. The van der Waals surface area contributed by atoms with E-state index in [1.807, 2.05) is 13.8 Å². The third-order valence-corrected chi connectivity index (χ3v) is 8.47. The maximum atomic E-state index is 13.7. The van der Waals surface area contributed by atoms with E-state index >= 15 is 0 Å². The summed E-state index contributed by atoms with van der Waals surface area (Å²) in [5, 5.41) is 3.77. The minimum atomic E-state index is -0.130. The van der Waals surface area contributed by atoms with Crippen molar-refractivity contribution in [2.75, 3.05) is 0 Å². The number of nitrogens with zero attached hydrogens (tertiary/aromatic N) is 3. The second kappa shape index (κ2) is 12.4. The van der Waals surface area contributed by atoms with Gasteiger partial charge in [0.2, 0.25) is 0 Å². The van der Waals surface area contributed by atoms with E-state index in [1.165, 1.54) is 49.7 Å². The summed E-state index contributed by atoms with van der Waals surface area (Å²) in [5.41, 5.74) is 4.95. The predicted molar refractivity (Wildman–Crippen MR) is 170 cm³/mol. The molecule has 0 aliphatic rings. The van der Waals surface area contributed by atoms with Crippen molar-refractivity contribution in [3.05, 3.63) is 74.3 Å². The Morgan fingerprint density at radius 1 is 0.550 bits per heavy atom. The Balaban J connectivity index is 1.78. The summed E-state index contributed by atoms with van der Waals surface area (Å²) in [7, 11) is 0. The maximum Gasteiger partial charge on any atom is 0.277 e. The van der Waals surface area contributed by atoms with Crippen LogP contribution >= 0.6 is 0 Å². The van der Waals surface area contributed by atoms with Gasteiger partial charge in [-0.1, -0.05) is 64.5 Å². The van der Waals surface area contributed by atoms with Gasteiger partial charge >= 0.3 is 0 Å². The minimum absolute atomic E-state index is 0.130. The predicted octanol–water partition coefficient (Wildman–Crippen LogP) is 8.30. The van der Waals surface area contributed by atoms with Gasteiger partial charge in [-0.3, -0.25) is 9.59 Å². The first-order valence-electron chi connectivity index (χ1n) is 15.5. The van der Waals surface area contributed by atoms with E-state index in [2.05, 4.69) is 56.3 Å². The summed E-state index contributed by atoms with van der Waals surface area (Å²) in [4.78, 5) is 32.2. The van der Waals surface area contributed by atoms with Gasteiger partial charge in [-0.2, -0.15) is 0 Å². The van der Waals surface area contributed by atoms with Crippen LogP contribution < -0.4 is 11.1 Å². The van der Waals surface area contributed by atoms with E-state index in [0.717, 1.165) is 58.3 Å². The van der Waals surface area contributed by atoms with Crippen LogP contribution in [0.2, 0.25) is 0 Å². The highest BCUT2D eigenvalue weighted by Crippen LogP contribution is 2.30. The molecule has 0 N–H and O–H groups in total. The largest absolute Gasteiger partial charge is 0.307 e. The second-order valence-electron chi connectivity index (χ2n) is 11.2. The number of rotatable bonds is 12. The molecule has 0 unspecified atom stereocenters. The Kier molecular flexibility index (Phi) is 8.68. The highest BCUT2D eigenvalue weighted by molar-refractivity contribution is 6.13. The van der Waals surface area contributed by atoms with Crippen molar-refractivity contribution in [2.45, 2.75) is 105 Å². The van der Waals surface area contributed by atoms with Crippen molar-refractivity contribution in [1.82, 2.24) is 14.1 Å². The van der Waals surface area contributed by atoms with Crippen LogP contribution in [0.3, 0.4) is 0 Å². The molecule has 0 atom stereocenters. The molecule has 0 amide bonds. The Labute approximate surface area is 236 Å². The van der Waals surface area contributed by atoms with Gasteiger partial charge < -0.3 is 9.13 Å². The maximum absolute atomic E-state index is 13.7. The quantitative estimate of drug-likeness (QED) is 0.0913. The number of aryl methyl sites for hydroxylation is 4. The number of pyridine rings is 3. The number of unbranched alkanes of at least 4 members (excludes halogenated alkanes) is 6. The van der Waals surface area contributed by atoms with Gasteiger partial charge in [-0.15, -0.1) is 0 Å². The summed E-state index contributed by atoms with van der Waals surface area (Å²) < 4.78 is 3.59. The monoisotopic (exact) mass is 537 g/mol. The van der Waals surface area contributed by atoms with Crippen LogP contribution in [-0.4, -0.2) is 14.1 Å². The molecule has 5 heteroatoms. The van der Waals surface area contributed by atoms with Crippen LogP contribution in [0.5, 0.6) is 0 Å². The lowest BCUT2D eigenvalue weighted by Gasteiger charge is -2.16. The van der Waals surface area contributed by atoms with Crippen molar-refractivity contribution >= 4 is 43.6 Å². The molecule has 5 rings (SSSR count). The molecule has 0 bridgehead atoms. The molecule has 0 spiro atoms. The zero-order chi connectivity index (χ0) is 28.2. The van der Waals surface area contributed by atoms with Gasteiger partial charge in [-0.25, -0.2) is 4.98 Å². The van der Waals surface area contributed by atoms with Crippen LogP contribution in [0.25, 0.3) is 43.6 Å². The summed E-state index contributed by atoms with van der Waals surface area (Å²) in [6.45, 7) is 9.56. The summed E-state index contributed by atoms with van der Waals surface area (Å²) in [6, 6.07) is 15.1. The number of benzene rings is 2. The Morgan fingerprint density at radius 2 is 1.00 bits per heavy atom.